The van der Waals surface area contributed by atoms with E-state index < -0.39 is 0 Å². The van der Waals surface area contributed by atoms with E-state index in [1.165, 1.54) is 13.3 Å². The average Bonchev–Trinajstić information content (AvgIpc) is 2.88. The standard InChI is InChI=1S/C23H27N5O3.CH6NO/c1-31-18-8-3-2-7-17(18)28-14-12-27(13-15-28)11-5-10-26-21-19(24)22(29)16-6-4-9-25-20(16)23(21)30;1-3-2/h2-4,6-9,26H,5,10-15,24H2,1H3;1-2H3/q;+1. The Bertz CT molecular complexity index is 1030. The minimum atomic E-state index is -0.349. The fourth-order valence-corrected chi connectivity index (χ4v) is 4.06. The van der Waals surface area contributed by atoms with Crippen LogP contribution in [0, 0.1) is 0 Å². The molecule has 1 saturated heterocycles. The number of ketones is 2. The second-order valence-electron chi connectivity index (χ2n) is 7.92. The summed E-state index contributed by atoms with van der Waals surface area (Å²) in [6, 6.07) is 11.3. The molecule has 10 nitrogen and oxygen atoms in total. The Morgan fingerprint density at radius 3 is 2.47 bits per heavy atom. The monoisotopic (exact) mass is 469 g/mol. The highest BCUT2D eigenvalue weighted by Gasteiger charge is 2.31. The fourth-order valence-electron chi connectivity index (χ4n) is 4.06. The second-order valence-corrected chi connectivity index (χ2v) is 7.92. The number of Topliss-reactive ketones (excluding diaryl/α,β-unsaturated/α-hetero) is 2. The number of methoxy groups -OCH3 is 1. The number of anilines is 1. The number of para-hydroxylation sites is 2. The van der Waals surface area contributed by atoms with Crippen molar-refractivity contribution in [1.82, 2.24) is 15.2 Å². The first-order valence-electron chi connectivity index (χ1n) is 11.2. The van der Waals surface area contributed by atoms with Gasteiger partial charge in [0.1, 0.15) is 22.8 Å². The van der Waals surface area contributed by atoms with Crippen molar-refractivity contribution in [3.63, 3.8) is 0 Å². The molecule has 2 heterocycles. The second kappa shape index (κ2) is 12.1. The summed E-state index contributed by atoms with van der Waals surface area (Å²) in [6.07, 6.45) is 2.34. The molecule has 1 aliphatic heterocycles. The van der Waals surface area contributed by atoms with Gasteiger partial charge in [0, 0.05) is 38.9 Å². The third kappa shape index (κ3) is 5.71. The lowest BCUT2D eigenvalue weighted by Gasteiger charge is -2.36. The number of hydrogen-bond acceptors (Lipinski definition) is 9. The van der Waals surface area contributed by atoms with E-state index in [0.717, 1.165) is 50.6 Å². The highest BCUT2D eigenvalue weighted by molar-refractivity contribution is 6.25. The predicted molar refractivity (Wildman–Crippen MR) is 128 cm³/mol. The fraction of sp³-hybridized carbons (Fsp3) is 0.375. The summed E-state index contributed by atoms with van der Waals surface area (Å²) < 4.78 is 5.48. The van der Waals surface area contributed by atoms with E-state index in [-0.39, 0.29) is 34.2 Å². The topological polar surface area (TPSA) is 138 Å². The van der Waals surface area contributed by atoms with Crippen LogP contribution in [0.25, 0.3) is 0 Å². The molecule has 1 aliphatic carbocycles. The number of pyridine rings is 1. The van der Waals surface area contributed by atoms with E-state index in [9.17, 15) is 9.59 Å². The Morgan fingerprint density at radius 2 is 1.76 bits per heavy atom. The van der Waals surface area contributed by atoms with Crippen LogP contribution >= 0.6 is 0 Å². The van der Waals surface area contributed by atoms with Crippen LogP contribution in [0.4, 0.5) is 5.69 Å². The zero-order valence-corrected chi connectivity index (χ0v) is 19.8. The van der Waals surface area contributed by atoms with Crippen molar-refractivity contribution in [2.24, 2.45) is 5.73 Å². The highest BCUT2D eigenvalue weighted by atomic mass is 16.6. The Kier molecular flexibility index (Phi) is 8.97. The van der Waals surface area contributed by atoms with E-state index in [1.807, 2.05) is 18.2 Å². The van der Waals surface area contributed by atoms with Crippen molar-refractivity contribution >= 4 is 17.3 Å². The zero-order valence-electron chi connectivity index (χ0n) is 19.8. The van der Waals surface area contributed by atoms with Gasteiger partial charge >= 0.3 is 0 Å². The summed E-state index contributed by atoms with van der Waals surface area (Å²) in [6.45, 7) is 5.23. The molecule has 6 N–H and O–H groups in total. The van der Waals surface area contributed by atoms with Gasteiger partial charge in [-0.3, -0.25) is 19.5 Å². The van der Waals surface area contributed by atoms with Crippen LogP contribution in [0.15, 0.2) is 54.0 Å². The molecule has 34 heavy (non-hydrogen) atoms. The molecule has 0 bridgehead atoms. The van der Waals surface area contributed by atoms with Crippen molar-refractivity contribution in [2.75, 3.05) is 58.4 Å². The van der Waals surface area contributed by atoms with Gasteiger partial charge in [0.25, 0.3) is 0 Å². The van der Waals surface area contributed by atoms with Crippen LogP contribution in [-0.2, 0) is 4.84 Å². The Balaban J connectivity index is 0.00000103. The summed E-state index contributed by atoms with van der Waals surface area (Å²) in [5.74, 6) is 3.21. The third-order valence-corrected chi connectivity index (χ3v) is 5.76. The summed E-state index contributed by atoms with van der Waals surface area (Å²) in [7, 11) is 3.21. The van der Waals surface area contributed by atoms with Gasteiger partial charge in [0.15, 0.2) is 0 Å². The van der Waals surface area contributed by atoms with Crippen LogP contribution in [-0.4, -0.2) is 74.9 Å². The molecule has 1 aromatic heterocycles. The molecule has 2 aromatic rings. The molecule has 0 spiro atoms. The summed E-state index contributed by atoms with van der Waals surface area (Å²) in [4.78, 5) is 37.9. The number of aromatic nitrogens is 1. The van der Waals surface area contributed by atoms with Crippen molar-refractivity contribution < 1.29 is 25.1 Å². The number of nitrogens with two attached hydrogens (primary N) is 1. The van der Waals surface area contributed by atoms with Gasteiger partial charge < -0.3 is 20.7 Å². The van der Waals surface area contributed by atoms with Crippen LogP contribution in [0.2, 0.25) is 0 Å². The van der Waals surface area contributed by atoms with Crippen molar-refractivity contribution in [3.05, 3.63) is 65.2 Å². The number of nitrogens with one attached hydrogen (secondary N) is 1. The molecule has 0 atom stereocenters. The van der Waals surface area contributed by atoms with Crippen LogP contribution in [0.3, 0.4) is 0 Å². The maximum atomic E-state index is 12.7. The van der Waals surface area contributed by atoms with Crippen molar-refractivity contribution in [2.45, 2.75) is 6.42 Å². The largest absolute Gasteiger partial charge is 0.495 e. The first-order valence-corrected chi connectivity index (χ1v) is 11.2. The van der Waals surface area contributed by atoms with Crippen LogP contribution < -0.4 is 26.6 Å². The number of hydrogen-bond donors (Lipinski definition) is 3. The Morgan fingerprint density at radius 1 is 1.06 bits per heavy atom. The van der Waals surface area contributed by atoms with Gasteiger partial charge in [0.05, 0.1) is 25.5 Å². The van der Waals surface area contributed by atoms with E-state index in [1.54, 1.807) is 19.2 Å². The molecule has 0 unspecified atom stereocenters. The maximum absolute atomic E-state index is 12.7. The SMILES string of the molecule is CO[NH3+].COc1ccccc1N1CCN(CCCNC2=C(N)C(=O)c3cccnc3C2=O)CC1. The Labute approximate surface area is 199 Å². The number of allylic oxidation sites excluding steroid dienone is 2. The first kappa shape index (κ1) is 25.2. The van der Waals surface area contributed by atoms with Crippen molar-refractivity contribution in [1.29, 1.82) is 0 Å². The highest BCUT2D eigenvalue weighted by Crippen LogP contribution is 2.28. The molecule has 182 valence electrons. The normalized spacial score (nSPS) is 16.0. The van der Waals surface area contributed by atoms with Crippen LogP contribution in [0.5, 0.6) is 5.75 Å². The number of nitrogens with zero attached hydrogens (tertiary/aromatic N) is 3. The molecule has 1 fully saturated rings. The number of rotatable bonds is 7. The molecule has 0 radical (unpaired) electrons. The lowest BCUT2D eigenvalue weighted by molar-refractivity contribution is -0.679. The molecule has 10 heteroatoms. The molecule has 4 rings (SSSR count). The van der Waals surface area contributed by atoms with Gasteiger partial charge in [-0.2, -0.15) is 0 Å². The number of fused-ring (bicyclic) bond motifs is 1. The van der Waals surface area contributed by atoms with Gasteiger partial charge in [-0.1, -0.05) is 12.1 Å². The number of carbonyl (C=O) groups is 2. The molecule has 0 amide bonds. The van der Waals surface area contributed by atoms with Gasteiger partial charge in [-0.05, 0) is 37.2 Å². The molecular formula is C24H33N6O4+. The van der Waals surface area contributed by atoms with E-state index in [4.69, 9.17) is 10.5 Å². The number of quaternary nitrogens is 1. The summed E-state index contributed by atoms with van der Waals surface area (Å²) in [5, 5.41) is 3.07. The number of benzene rings is 1. The van der Waals surface area contributed by atoms with E-state index in [0.29, 0.717) is 6.54 Å². The van der Waals surface area contributed by atoms with Gasteiger partial charge in [0.2, 0.25) is 11.6 Å². The van der Waals surface area contributed by atoms with Crippen molar-refractivity contribution in [3.8, 4) is 5.75 Å². The van der Waals surface area contributed by atoms with Gasteiger partial charge in [-0.25, -0.2) is 10.7 Å². The number of ether oxygens (including phenoxy) is 1. The molecule has 2 aliphatic rings. The Hall–Kier alpha value is -3.47. The lowest BCUT2D eigenvalue weighted by Crippen LogP contribution is -2.47. The predicted octanol–water partition coefficient (Wildman–Crippen LogP) is 0.231. The molecular weight excluding hydrogens is 436 g/mol. The maximum Gasteiger partial charge on any atom is 0.230 e. The smallest absolute Gasteiger partial charge is 0.230 e. The van der Waals surface area contributed by atoms with E-state index >= 15 is 0 Å². The number of piperazine rings is 1. The first-order chi connectivity index (χ1) is 16.5. The average molecular weight is 470 g/mol. The number of carbonyl (C=O) groups excluding carboxylic acids is 2. The molecule has 0 saturated carbocycles. The van der Waals surface area contributed by atoms with Crippen LogP contribution in [0.1, 0.15) is 27.3 Å². The molecule has 1 aromatic carbocycles. The quantitative estimate of drug-likeness (QED) is 0.384. The van der Waals surface area contributed by atoms with E-state index in [2.05, 4.69) is 36.9 Å². The minimum absolute atomic E-state index is 0.0316. The zero-order chi connectivity index (χ0) is 24.5. The lowest BCUT2D eigenvalue weighted by atomic mass is 9.95. The minimum Gasteiger partial charge on any atom is -0.495 e. The summed E-state index contributed by atoms with van der Waals surface area (Å²) >= 11 is 0. The van der Waals surface area contributed by atoms with Gasteiger partial charge in [-0.15, -0.1) is 0 Å². The summed E-state index contributed by atoms with van der Waals surface area (Å²) in [5.41, 5.74) is 7.63. The third-order valence-electron chi connectivity index (χ3n) is 5.76.